The van der Waals surface area contributed by atoms with Crippen molar-refractivity contribution in [1.82, 2.24) is 0 Å². The van der Waals surface area contributed by atoms with Crippen LogP contribution in [0.5, 0.6) is 0 Å². The Kier molecular flexibility index (Phi) is 2.94. The summed E-state index contributed by atoms with van der Waals surface area (Å²) in [6.07, 6.45) is 0. The first-order valence-electron chi connectivity index (χ1n) is 4.04. The third-order valence-electron chi connectivity index (χ3n) is 1.98. The summed E-state index contributed by atoms with van der Waals surface area (Å²) in [5.74, 6) is 0. The summed E-state index contributed by atoms with van der Waals surface area (Å²) in [5, 5.41) is 9.32. The van der Waals surface area contributed by atoms with Gasteiger partial charge in [-0.15, -0.1) is 0 Å². The first-order chi connectivity index (χ1) is 6.32. The highest BCUT2D eigenvalue weighted by molar-refractivity contribution is 7.85. The number of aliphatic hydroxyl groups is 1. The van der Waals surface area contributed by atoms with Crippen LogP contribution in [0.4, 0.5) is 0 Å². The molecule has 4 nitrogen and oxygen atoms in total. The van der Waals surface area contributed by atoms with Crippen molar-refractivity contribution in [2.75, 3.05) is 0 Å². The van der Waals surface area contributed by atoms with Gasteiger partial charge in [0.1, 0.15) is 0 Å². The lowest BCUT2D eigenvalue weighted by Crippen LogP contribution is -2.12. The monoisotopic (exact) mass is 216 g/mol. The molecule has 0 radical (unpaired) electrons. The van der Waals surface area contributed by atoms with Gasteiger partial charge < -0.3 is 5.11 Å². The van der Waals surface area contributed by atoms with Gasteiger partial charge in [0.2, 0.25) is 5.44 Å². The number of benzene rings is 1. The third-order valence-corrected chi connectivity index (χ3v) is 2.80. The quantitative estimate of drug-likeness (QED) is 0.728. The molecule has 0 saturated heterocycles. The molecule has 0 bridgehead atoms. The Morgan fingerprint density at radius 3 is 2.36 bits per heavy atom. The summed E-state index contributed by atoms with van der Waals surface area (Å²) in [5.41, 5.74) is -0.191. The molecule has 0 amide bonds. The van der Waals surface area contributed by atoms with E-state index >= 15 is 0 Å². The first-order valence-corrected chi connectivity index (χ1v) is 5.54. The second-order valence-corrected chi connectivity index (χ2v) is 4.70. The maximum Gasteiger partial charge on any atom is 0.296 e. The van der Waals surface area contributed by atoms with E-state index in [1.165, 1.54) is 6.07 Å². The highest BCUT2D eigenvalue weighted by Crippen LogP contribution is 2.22. The Hall–Kier alpha value is -0.910. The average molecular weight is 216 g/mol. The van der Waals surface area contributed by atoms with E-state index in [1.807, 2.05) is 0 Å². The molecule has 2 N–H and O–H groups in total. The lowest BCUT2D eigenvalue weighted by Gasteiger charge is -2.11. The smallest absolute Gasteiger partial charge is 0.296 e. The Morgan fingerprint density at radius 1 is 1.29 bits per heavy atom. The molecule has 1 rings (SSSR count). The summed E-state index contributed by atoms with van der Waals surface area (Å²) in [6.45, 7) is 3.45. The van der Waals surface area contributed by atoms with Gasteiger partial charge in [0.25, 0.3) is 10.1 Å². The zero-order valence-electron chi connectivity index (χ0n) is 7.93. The zero-order valence-corrected chi connectivity index (χ0v) is 8.75. The first kappa shape index (κ1) is 11.2. The number of rotatable bonds is 2. The number of aryl methyl sites for hydroxylation is 2. The Morgan fingerprint density at radius 2 is 1.86 bits per heavy atom. The van der Waals surface area contributed by atoms with E-state index in [2.05, 4.69) is 0 Å². The predicted octanol–water partition coefficient (Wildman–Crippen LogP) is 1.18. The molecule has 0 aromatic heterocycles. The van der Waals surface area contributed by atoms with Crippen LogP contribution in [0, 0.1) is 13.8 Å². The fourth-order valence-electron chi connectivity index (χ4n) is 1.19. The summed E-state index contributed by atoms with van der Waals surface area (Å²) in [6, 6.07) is 5.03. The molecule has 78 valence electrons. The van der Waals surface area contributed by atoms with Crippen molar-refractivity contribution in [1.29, 1.82) is 0 Å². The highest BCUT2D eigenvalue weighted by atomic mass is 32.2. The van der Waals surface area contributed by atoms with Gasteiger partial charge in [0.15, 0.2) is 0 Å². The van der Waals surface area contributed by atoms with Gasteiger partial charge in [0.05, 0.1) is 0 Å². The number of hydrogen-bond acceptors (Lipinski definition) is 3. The Labute approximate surface area is 82.9 Å². The van der Waals surface area contributed by atoms with E-state index in [0.717, 1.165) is 5.56 Å². The molecule has 0 aliphatic carbocycles. The van der Waals surface area contributed by atoms with Gasteiger partial charge in [-0.05, 0) is 19.4 Å². The summed E-state index contributed by atoms with van der Waals surface area (Å²) < 4.78 is 30.1. The molecule has 0 fully saturated rings. The van der Waals surface area contributed by atoms with E-state index in [9.17, 15) is 13.5 Å². The molecule has 1 aromatic carbocycles. The molecule has 0 aliphatic rings. The van der Waals surface area contributed by atoms with Gasteiger partial charge in [0, 0.05) is 5.56 Å². The van der Waals surface area contributed by atoms with Crippen LogP contribution in [0.2, 0.25) is 0 Å². The lowest BCUT2D eigenvalue weighted by atomic mass is 10.1. The molecule has 1 aromatic rings. The van der Waals surface area contributed by atoms with Gasteiger partial charge in [-0.2, -0.15) is 8.42 Å². The predicted molar refractivity (Wildman–Crippen MR) is 52.4 cm³/mol. The normalized spacial score (nSPS) is 14.0. The largest absolute Gasteiger partial charge is 0.371 e. The van der Waals surface area contributed by atoms with Crippen molar-refractivity contribution in [2.24, 2.45) is 0 Å². The fourth-order valence-corrected chi connectivity index (χ4v) is 1.76. The maximum atomic E-state index is 10.7. The standard InChI is InChI=1S/C9H12O4S/c1-6-3-4-7(2)8(5-6)9(10)14(11,12)13/h3-5,9-10H,1-2H3,(H,11,12,13). The molecule has 0 saturated carbocycles. The number of aliphatic hydroxyl groups excluding tert-OH is 1. The van der Waals surface area contributed by atoms with Crippen LogP contribution in [0.25, 0.3) is 0 Å². The van der Waals surface area contributed by atoms with Crippen LogP contribution in [0.15, 0.2) is 18.2 Å². The van der Waals surface area contributed by atoms with Gasteiger partial charge >= 0.3 is 0 Å². The Bertz CT molecular complexity index is 436. The Balaban J connectivity index is 3.26. The van der Waals surface area contributed by atoms with Gasteiger partial charge in [-0.1, -0.05) is 23.8 Å². The molecular weight excluding hydrogens is 204 g/mol. The molecule has 0 aliphatic heterocycles. The minimum Gasteiger partial charge on any atom is -0.371 e. The maximum absolute atomic E-state index is 10.7. The highest BCUT2D eigenvalue weighted by Gasteiger charge is 2.23. The number of hydrogen-bond donors (Lipinski definition) is 2. The van der Waals surface area contributed by atoms with Gasteiger partial charge in [-0.25, -0.2) is 0 Å². The minimum atomic E-state index is -4.44. The van der Waals surface area contributed by atoms with Crippen molar-refractivity contribution in [3.05, 3.63) is 34.9 Å². The molecule has 1 atom stereocenters. The average Bonchev–Trinajstić information content (AvgIpc) is 2.06. The van der Waals surface area contributed by atoms with E-state index in [4.69, 9.17) is 4.55 Å². The van der Waals surface area contributed by atoms with Crippen molar-refractivity contribution < 1.29 is 18.1 Å². The molecule has 0 spiro atoms. The summed E-state index contributed by atoms with van der Waals surface area (Å²) >= 11 is 0. The van der Waals surface area contributed by atoms with Gasteiger partial charge in [-0.3, -0.25) is 4.55 Å². The second-order valence-electron chi connectivity index (χ2n) is 3.23. The second kappa shape index (κ2) is 3.68. The van der Waals surface area contributed by atoms with E-state index in [0.29, 0.717) is 5.56 Å². The van der Waals surface area contributed by atoms with Crippen molar-refractivity contribution in [3.8, 4) is 0 Å². The molecule has 14 heavy (non-hydrogen) atoms. The van der Waals surface area contributed by atoms with Crippen LogP contribution in [0.3, 0.4) is 0 Å². The molecule has 0 heterocycles. The van der Waals surface area contributed by atoms with Crippen LogP contribution in [-0.4, -0.2) is 18.1 Å². The molecule has 1 unspecified atom stereocenters. The van der Waals surface area contributed by atoms with E-state index < -0.39 is 15.6 Å². The van der Waals surface area contributed by atoms with Crippen molar-refractivity contribution in [3.63, 3.8) is 0 Å². The topological polar surface area (TPSA) is 74.6 Å². The van der Waals surface area contributed by atoms with E-state index in [-0.39, 0.29) is 5.56 Å². The van der Waals surface area contributed by atoms with Crippen molar-refractivity contribution in [2.45, 2.75) is 19.3 Å². The fraction of sp³-hybridized carbons (Fsp3) is 0.333. The minimum absolute atomic E-state index is 0.215. The van der Waals surface area contributed by atoms with Crippen molar-refractivity contribution >= 4 is 10.1 Å². The van der Waals surface area contributed by atoms with Crippen LogP contribution in [0.1, 0.15) is 22.1 Å². The van der Waals surface area contributed by atoms with E-state index in [1.54, 1.807) is 26.0 Å². The third kappa shape index (κ3) is 2.31. The SMILES string of the molecule is Cc1ccc(C)c(C(O)S(=O)(=O)O)c1. The summed E-state index contributed by atoms with van der Waals surface area (Å²) in [7, 11) is -4.44. The summed E-state index contributed by atoms with van der Waals surface area (Å²) in [4.78, 5) is 0. The zero-order chi connectivity index (χ0) is 10.9. The lowest BCUT2D eigenvalue weighted by molar-refractivity contribution is 0.237. The van der Waals surface area contributed by atoms with Crippen LogP contribution >= 0.6 is 0 Å². The molecule has 5 heteroatoms. The molecular formula is C9H12O4S. The van der Waals surface area contributed by atoms with Crippen LogP contribution < -0.4 is 0 Å². The van der Waals surface area contributed by atoms with Crippen LogP contribution in [-0.2, 0) is 10.1 Å².